The van der Waals surface area contributed by atoms with Crippen LogP contribution in [0.3, 0.4) is 0 Å². The second-order valence-electron chi connectivity index (χ2n) is 4.48. The van der Waals surface area contributed by atoms with Gasteiger partial charge in [-0.05, 0) is 55.0 Å². The minimum Gasteiger partial charge on any atom is -0.330 e. The molecule has 0 spiro atoms. The Morgan fingerprint density at radius 1 is 1.15 bits per heavy atom. The summed E-state index contributed by atoms with van der Waals surface area (Å²) in [5.74, 6) is -0.249. The van der Waals surface area contributed by atoms with E-state index < -0.39 is 0 Å². The van der Waals surface area contributed by atoms with E-state index in [2.05, 4.69) is 4.98 Å². The molecule has 102 valence electrons. The van der Waals surface area contributed by atoms with Crippen molar-refractivity contribution in [2.24, 2.45) is 0 Å². The molecule has 0 saturated heterocycles. The molecular formula is C14H9Cl2FN2S. The highest BCUT2D eigenvalue weighted by atomic mass is 35.5. The van der Waals surface area contributed by atoms with E-state index in [4.69, 9.17) is 35.4 Å². The maximum absolute atomic E-state index is 13.4. The molecule has 0 atom stereocenters. The lowest BCUT2D eigenvalue weighted by molar-refractivity contribution is 0.618. The first-order valence-corrected chi connectivity index (χ1v) is 7.00. The monoisotopic (exact) mass is 326 g/mol. The van der Waals surface area contributed by atoms with Crippen LogP contribution in [0, 0.1) is 17.5 Å². The van der Waals surface area contributed by atoms with Crippen LogP contribution in [0.4, 0.5) is 4.39 Å². The van der Waals surface area contributed by atoms with Gasteiger partial charge >= 0.3 is 0 Å². The van der Waals surface area contributed by atoms with Crippen molar-refractivity contribution in [1.29, 1.82) is 0 Å². The molecule has 2 nitrogen and oxygen atoms in total. The predicted molar refractivity (Wildman–Crippen MR) is 83.2 cm³/mol. The van der Waals surface area contributed by atoms with Gasteiger partial charge in [0, 0.05) is 5.69 Å². The van der Waals surface area contributed by atoms with Gasteiger partial charge in [0.2, 0.25) is 0 Å². The zero-order valence-electron chi connectivity index (χ0n) is 10.4. The molecule has 0 aliphatic rings. The quantitative estimate of drug-likeness (QED) is 0.590. The first-order chi connectivity index (χ1) is 9.47. The fraction of sp³-hybridized carbons (Fsp3) is 0.0714. The van der Waals surface area contributed by atoms with E-state index in [1.165, 1.54) is 6.07 Å². The molecule has 0 saturated carbocycles. The van der Waals surface area contributed by atoms with E-state index >= 15 is 0 Å². The zero-order valence-corrected chi connectivity index (χ0v) is 12.7. The molecule has 3 aromatic rings. The Balaban J connectivity index is 2.35. The van der Waals surface area contributed by atoms with E-state index in [9.17, 15) is 4.39 Å². The van der Waals surface area contributed by atoms with E-state index in [1.807, 2.05) is 0 Å². The summed E-state index contributed by atoms with van der Waals surface area (Å²) in [6, 6.07) is 8.30. The number of aromatic amines is 1. The van der Waals surface area contributed by atoms with Crippen molar-refractivity contribution in [3.8, 4) is 5.69 Å². The largest absolute Gasteiger partial charge is 0.330 e. The van der Waals surface area contributed by atoms with E-state index in [0.717, 1.165) is 16.7 Å². The van der Waals surface area contributed by atoms with Gasteiger partial charge in [0.15, 0.2) is 4.77 Å². The number of halogens is 3. The molecule has 2 aromatic carbocycles. The van der Waals surface area contributed by atoms with Gasteiger partial charge in [-0.1, -0.05) is 23.2 Å². The van der Waals surface area contributed by atoms with Gasteiger partial charge in [-0.3, -0.25) is 4.57 Å². The molecular weight excluding hydrogens is 318 g/mol. The van der Waals surface area contributed by atoms with Gasteiger partial charge in [-0.15, -0.1) is 0 Å². The number of fused-ring (bicyclic) bond motifs is 1. The number of rotatable bonds is 1. The molecule has 0 unspecified atom stereocenters. The average molecular weight is 327 g/mol. The molecule has 1 N–H and O–H groups in total. The predicted octanol–water partition coefficient (Wildman–Crippen LogP) is 5.44. The van der Waals surface area contributed by atoms with Gasteiger partial charge < -0.3 is 4.98 Å². The maximum atomic E-state index is 13.4. The third-order valence-electron chi connectivity index (χ3n) is 3.12. The highest BCUT2D eigenvalue weighted by molar-refractivity contribution is 7.71. The lowest BCUT2D eigenvalue weighted by Gasteiger charge is -2.07. The number of hydrogen-bond donors (Lipinski definition) is 1. The van der Waals surface area contributed by atoms with Crippen molar-refractivity contribution in [2.75, 3.05) is 0 Å². The van der Waals surface area contributed by atoms with E-state index in [-0.39, 0.29) is 5.82 Å². The van der Waals surface area contributed by atoms with Crippen LogP contribution in [-0.2, 0) is 0 Å². The maximum Gasteiger partial charge on any atom is 0.182 e. The number of benzene rings is 2. The molecule has 1 heterocycles. The lowest BCUT2D eigenvalue weighted by atomic mass is 10.2. The number of aryl methyl sites for hydroxylation is 1. The Labute approximate surface area is 129 Å². The van der Waals surface area contributed by atoms with Crippen LogP contribution in [0.15, 0.2) is 30.3 Å². The highest BCUT2D eigenvalue weighted by Gasteiger charge is 2.10. The number of H-pyrrole nitrogens is 1. The summed E-state index contributed by atoms with van der Waals surface area (Å²) in [5, 5.41) is 0.901. The van der Waals surface area contributed by atoms with Crippen LogP contribution in [0.25, 0.3) is 16.7 Å². The summed E-state index contributed by atoms with van der Waals surface area (Å²) in [6.07, 6.45) is 0. The molecule has 0 fully saturated rings. The third kappa shape index (κ3) is 2.14. The average Bonchev–Trinajstić information content (AvgIpc) is 2.69. The van der Waals surface area contributed by atoms with Gasteiger partial charge in [-0.2, -0.15) is 0 Å². The summed E-state index contributed by atoms with van der Waals surface area (Å²) < 4.78 is 15.7. The Hall–Kier alpha value is -1.36. The Morgan fingerprint density at radius 3 is 2.55 bits per heavy atom. The number of aromatic nitrogens is 2. The zero-order chi connectivity index (χ0) is 14.4. The van der Waals surface area contributed by atoms with Crippen molar-refractivity contribution in [3.63, 3.8) is 0 Å². The normalized spacial score (nSPS) is 11.2. The molecule has 20 heavy (non-hydrogen) atoms. The molecule has 3 rings (SSSR count). The standard InChI is InChI=1S/C14H9Cl2FN2S/c1-7-4-8(2-3-11(7)17)19-13-6-10(16)9(15)5-12(13)18-14(19)20/h2-6H,1H3,(H,18,20). The van der Waals surface area contributed by atoms with E-state index in [1.54, 1.807) is 35.8 Å². The summed E-state index contributed by atoms with van der Waals surface area (Å²) >= 11 is 17.4. The first-order valence-electron chi connectivity index (χ1n) is 5.83. The number of nitrogens with zero attached hydrogens (tertiary/aromatic N) is 1. The molecule has 6 heteroatoms. The second kappa shape index (κ2) is 4.88. The number of nitrogens with one attached hydrogen (secondary N) is 1. The summed E-state index contributed by atoms with van der Waals surface area (Å²) in [5.41, 5.74) is 2.92. The minimum atomic E-state index is -0.249. The fourth-order valence-corrected chi connectivity index (χ4v) is 2.76. The van der Waals surface area contributed by atoms with Crippen LogP contribution in [-0.4, -0.2) is 9.55 Å². The molecule has 1 aromatic heterocycles. The highest BCUT2D eigenvalue weighted by Crippen LogP contribution is 2.29. The van der Waals surface area contributed by atoms with Gasteiger partial charge in [0.1, 0.15) is 5.82 Å². The van der Waals surface area contributed by atoms with Crippen molar-refractivity contribution in [3.05, 3.63) is 56.5 Å². The van der Waals surface area contributed by atoms with Crippen LogP contribution in [0.2, 0.25) is 10.0 Å². The smallest absolute Gasteiger partial charge is 0.182 e. The summed E-state index contributed by atoms with van der Waals surface area (Å²) in [4.78, 5) is 3.07. The first kappa shape index (κ1) is 13.6. The van der Waals surface area contributed by atoms with Crippen molar-refractivity contribution >= 4 is 46.5 Å². The van der Waals surface area contributed by atoms with Crippen LogP contribution >= 0.6 is 35.4 Å². The Morgan fingerprint density at radius 2 is 1.85 bits per heavy atom. The summed E-state index contributed by atoms with van der Waals surface area (Å²) in [7, 11) is 0. The summed E-state index contributed by atoms with van der Waals surface area (Å²) in [6.45, 7) is 1.71. The molecule has 0 bridgehead atoms. The van der Waals surface area contributed by atoms with Crippen molar-refractivity contribution < 1.29 is 4.39 Å². The van der Waals surface area contributed by atoms with Crippen molar-refractivity contribution in [1.82, 2.24) is 9.55 Å². The number of imidazole rings is 1. The second-order valence-corrected chi connectivity index (χ2v) is 5.68. The third-order valence-corrected chi connectivity index (χ3v) is 4.13. The fourth-order valence-electron chi connectivity index (χ4n) is 2.13. The minimum absolute atomic E-state index is 0.249. The van der Waals surface area contributed by atoms with Crippen LogP contribution in [0.5, 0.6) is 0 Å². The molecule has 0 radical (unpaired) electrons. The topological polar surface area (TPSA) is 20.7 Å². The Kier molecular flexibility index (Phi) is 3.32. The molecule has 0 aliphatic heterocycles. The lowest BCUT2D eigenvalue weighted by Crippen LogP contribution is -1.95. The van der Waals surface area contributed by atoms with Crippen LogP contribution < -0.4 is 0 Å². The molecule has 0 amide bonds. The molecule has 0 aliphatic carbocycles. The van der Waals surface area contributed by atoms with Crippen molar-refractivity contribution in [2.45, 2.75) is 6.92 Å². The van der Waals surface area contributed by atoms with Gasteiger partial charge in [0.05, 0.1) is 21.1 Å². The SMILES string of the molecule is Cc1cc(-n2c(=S)[nH]c3cc(Cl)c(Cl)cc32)ccc1F. The van der Waals surface area contributed by atoms with Gasteiger partial charge in [0.25, 0.3) is 0 Å². The Bertz CT molecular complexity index is 883. The van der Waals surface area contributed by atoms with Gasteiger partial charge in [-0.25, -0.2) is 4.39 Å². The van der Waals surface area contributed by atoms with Crippen LogP contribution in [0.1, 0.15) is 5.56 Å². The number of hydrogen-bond acceptors (Lipinski definition) is 1. The van der Waals surface area contributed by atoms with E-state index in [0.29, 0.717) is 20.4 Å².